The third kappa shape index (κ3) is 4.92. The molecule has 2 aromatic carbocycles. The lowest BCUT2D eigenvalue weighted by Gasteiger charge is -2.28. The lowest BCUT2D eigenvalue weighted by Crippen LogP contribution is -2.13. The summed E-state index contributed by atoms with van der Waals surface area (Å²) in [6.07, 6.45) is 18.4. The predicted octanol–water partition coefficient (Wildman–Crippen LogP) is 8.27. The van der Waals surface area contributed by atoms with E-state index in [9.17, 15) is 0 Å². The van der Waals surface area contributed by atoms with Crippen LogP contribution in [0.3, 0.4) is 0 Å². The molecule has 0 amide bonds. The summed E-state index contributed by atoms with van der Waals surface area (Å²) in [6.45, 7) is 6.11. The molecular weight excluding hydrogens is 348 g/mol. The van der Waals surface area contributed by atoms with Gasteiger partial charge in [0, 0.05) is 0 Å². The van der Waals surface area contributed by atoms with Crippen LogP contribution in [0, 0.1) is 11.8 Å². The maximum absolute atomic E-state index is 3.99. The molecule has 0 N–H and O–H groups in total. The van der Waals surface area contributed by atoms with Gasteiger partial charge in [-0.3, -0.25) is 0 Å². The Morgan fingerprint density at radius 1 is 0.897 bits per heavy atom. The first kappa shape index (κ1) is 20.2. The number of allylic oxidation sites excluding steroid dienone is 3. The van der Waals surface area contributed by atoms with Gasteiger partial charge >= 0.3 is 0 Å². The first-order valence-electron chi connectivity index (χ1n) is 11.7. The Kier molecular flexibility index (Phi) is 6.70. The topological polar surface area (TPSA) is 0 Å². The summed E-state index contributed by atoms with van der Waals surface area (Å²) in [5, 5.41) is 0. The highest BCUT2D eigenvalue weighted by Gasteiger charge is 2.22. The van der Waals surface area contributed by atoms with Crippen LogP contribution in [-0.4, -0.2) is 0 Å². The van der Waals surface area contributed by atoms with E-state index >= 15 is 0 Å². The minimum atomic E-state index is 0.658. The van der Waals surface area contributed by atoms with Crippen molar-refractivity contribution in [3.05, 3.63) is 84.0 Å². The second kappa shape index (κ2) is 9.61. The minimum absolute atomic E-state index is 0.658. The molecule has 1 atom stereocenters. The molecular formula is C29H36. The summed E-state index contributed by atoms with van der Waals surface area (Å²) in [6, 6.07) is 16.6. The molecule has 0 bridgehead atoms. The largest absolute Gasteiger partial charge is 0.103 e. The van der Waals surface area contributed by atoms with E-state index in [4.69, 9.17) is 0 Å². The predicted molar refractivity (Wildman–Crippen MR) is 126 cm³/mol. The van der Waals surface area contributed by atoms with Crippen molar-refractivity contribution >= 4 is 0 Å². The molecule has 0 spiro atoms. The highest BCUT2D eigenvalue weighted by atomic mass is 14.3. The summed E-state index contributed by atoms with van der Waals surface area (Å²) < 4.78 is 0. The van der Waals surface area contributed by atoms with Gasteiger partial charge in [0.1, 0.15) is 0 Å². The van der Waals surface area contributed by atoms with Crippen molar-refractivity contribution in [2.24, 2.45) is 11.8 Å². The summed E-state index contributed by atoms with van der Waals surface area (Å²) in [5.41, 5.74) is 7.35. The molecule has 0 aliphatic heterocycles. The molecule has 0 saturated heterocycles. The Labute approximate surface area is 177 Å². The highest BCUT2D eigenvalue weighted by Crippen LogP contribution is 2.38. The van der Waals surface area contributed by atoms with Gasteiger partial charge in [-0.1, -0.05) is 60.7 Å². The Bertz CT molecular complexity index is 831. The van der Waals surface area contributed by atoms with E-state index in [1.165, 1.54) is 68.1 Å². The van der Waals surface area contributed by atoms with E-state index in [0.717, 1.165) is 18.3 Å². The van der Waals surface area contributed by atoms with Gasteiger partial charge < -0.3 is 0 Å². The van der Waals surface area contributed by atoms with Gasteiger partial charge in [-0.25, -0.2) is 0 Å². The number of aryl methyl sites for hydroxylation is 1. The third-order valence-corrected chi connectivity index (χ3v) is 7.35. The van der Waals surface area contributed by atoms with E-state index in [0.29, 0.717) is 5.92 Å². The van der Waals surface area contributed by atoms with Crippen molar-refractivity contribution in [1.29, 1.82) is 0 Å². The Balaban J connectivity index is 1.38. The van der Waals surface area contributed by atoms with Crippen LogP contribution in [0.5, 0.6) is 0 Å². The van der Waals surface area contributed by atoms with Gasteiger partial charge in [-0.15, -0.1) is 6.58 Å². The van der Waals surface area contributed by atoms with Gasteiger partial charge in [-0.2, -0.15) is 0 Å². The number of hydrogen-bond acceptors (Lipinski definition) is 0. The molecule has 0 heterocycles. The SMILES string of the molecule is C=CC1CCc2cc(-c3ccc(C4CCC(CC/C=C/C)CC4)cc3)ccc2C1. The van der Waals surface area contributed by atoms with Crippen molar-refractivity contribution in [3.63, 3.8) is 0 Å². The fourth-order valence-electron chi connectivity index (χ4n) is 5.39. The quantitative estimate of drug-likeness (QED) is 0.440. The molecule has 0 nitrogen and oxygen atoms in total. The van der Waals surface area contributed by atoms with Crippen LogP contribution in [0.2, 0.25) is 0 Å². The van der Waals surface area contributed by atoms with Crippen LogP contribution in [0.4, 0.5) is 0 Å². The highest BCUT2D eigenvalue weighted by molar-refractivity contribution is 5.65. The van der Waals surface area contributed by atoms with Crippen molar-refractivity contribution in [1.82, 2.24) is 0 Å². The van der Waals surface area contributed by atoms with Crippen LogP contribution in [0.25, 0.3) is 11.1 Å². The van der Waals surface area contributed by atoms with Crippen molar-refractivity contribution in [2.45, 2.75) is 70.6 Å². The number of rotatable bonds is 6. The Hall–Kier alpha value is -2.08. The maximum Gasteiger partial charge on any atom is -0.0162 e. The second-order valence-electron chi connectivity index (χ2n) is 9.21. The number of hydrogen-bond donors (Lipinski definition) is 0. The standard InChI is InChI=1S/C29H36/c1-3-5-6-7-23-9-11-24(12-10-23)25-14-16-26(17-15-25)28-19-18-27-20-22(4-2)8-13-29(27)21-28/h3-5,14-19,21-24H,2,6-13,20H2,1H3/b5-3+. The molecule has 152 valence electrons. The van der Waals surface area contributed by atoms with E-state index in [1.807, 2.05) is 0 Å². The zero-order chi connectivity index (χ0) is 20.1. The first-order chi connectivity index (χ1) is 14.3. The zero-order valence-electron chi connectivity index (χ0n) is 18.1. The van der Waals surface area contributed by atoms with Crippen LogP contribution in [-0.2, 0) is 12.8 Å². The van der Waals surface area contributed by atoms with Crippen molar-refractivity contribution in [2.75, 3.05) is 0 Å². The average molecular weight is 385 g/mol. The molecule has 1 fully saturated rings. The van der Waals surface area contributed by atoms with E-state index in [1.54, 1.807) is 11.1 Å². The molecule has 0 aromatic heterocycles. The normalized spacial score (nSPS) is 24.4. The molecule has 2 aliphatic rings. The molecule has 4 rings (SSSR count). The summed E-state index contributed by atoms with van der Waals surface area (Å²) >= 11 is 0. The first-order valence-corrected chi connectivity index (χ1v) is 11.7. The van der Waals surface area contributed by atoms with E-state index in [-0.39, 0.29) is 0 Å². The lowest BCUT2D eigenvalue weighted by atomic mass is 9.77. The van der Waals surface area contributed by atoms with Crippen LogP contribution >= 0.6 is 0 Å². The third-order valence-electron chi connectivity index (χ3n) is 7.35. The van der Waals surface area contributed by atoms with Crippen molar-refractivity contribution in [3.8, 4) is 11.1 Å². The smallest absolute Gasteiger partial charge is 0.0162 e. The molecule has 0 heteroatoms. The zero-order valence-corrected chi connectivity index (χ0v) is 18.1. The van der Waals surface area contributed by atoms with Gasteiger partial charge in [0.15, 0.2) is 0 Å². The Morgan fingerprint density at radius 2 is 1.66 bits per heavy atom. The minimum Gasteiger partial charge on any atom is -0.103 e. The molecule has 0 radical (unpaired) electrons. The molecule has 1 unspecified atom stereocenters. The lowest BCUT2D eigenvalue weighted by molar-refractivity contribution is 0.312. The second-order valence-corrected chi connectivity index (χ2v) is 9.21. The Morgan fingerprint density at radius 3 is 2.38 bits per heavy atom. The van der Waals surface area contributed by atoms with Crippen LogP contribution in [0.1, 0.15) is 74.5 Å². The maximum atomic E-state index is 3.99. The molecule has 2 aromatic rings. The van der Waals surface area contributed by atoms with Gasteiger partial charge in [0.2, 0.25) is 0 Å². The van der Waals surface area contributed by atoms with Crippen LogP contribution < -0.4 is 0 Å². The van der Waals surface area contributed by atoms with Gasteiger partial charge in [0.05, 0.1) is 0 Å². The summed E-state index contributed by atoms with van der Waals surface area (Å²) in [7, 11) is 0. The molecule has 2 aliphatic carbocycles. The molecule has 1 saturated carbocycles. The summed E-state index contributed by atoms with van der Waals surface area (Å²) in [5.74, 6) is 2.37. The fraction of sp³-hybridized carbons (Fsp3) is 0.448. The summed E-state index contributed by atoms with van der Waals surface area (Å²) in [4.78, 5) is 0. The molecule has 29 heavy (non-hydrogen) atoms. The monoisotopic (exact) mass is 384 g/mol. The fourth-order valence-corrected chi connectivity index (χ4v) is 5.39. The van der Waals surface area contributed by atoms with Crippen LogP contribution in [0.15, 0.2) is 67.3 Å². The number of fused-ring (bicyclic) bond motifs is 1. The van der Waals surface area contributed by atoms with E-state index < -0.39 is 0 Å². The van der Waals surface area contributed by atoms with Gasteiger partial charge in [-0.05, 0) is 110 Å². The van der Waals surface area contributed by atoms with Crippen molar-refractivity contribution < 1.29 is 0 Å². The number of benzene rings is 2. The average Bonchev–Trinajstić information content (AvgIpc) is 2.79. The van der Waals surface area contributed by atoms with E-state index in [2.05, 4.69) is 74.2 Å². The van der Waals surface area contributed by atoms with Gasteiger partial charge in [0.25, 0.3) is 0 Å².